The second-order valence-corrected chi connectivity index (χ2v) is 6.57. The van der Waals surface area contributed by atoms with Crippen LogP contribution in [-0.4, -0.2) is 9.78 Å². The Bertz CT molecular complexity index is 599. The summed E-state index contributed by atoms with van der Waals surface area (Å²) in [4.78, 5) is 0. The van der Waals surface area contributed by atoms with Gasteiger partial charge in [0.15, 0.2) is 0 Å². The van der Waals surface area contributed by atoms with Crippen molar-refractivity contribution in [1.29, 1.82) is 0 Å². The van der Waals surface area contributed by atoms with E-state index in [1.165, 1.54) is 12.1 Å². The van der Waals surface area contributed by atoms with Gasteiger partial charge in [-0.3, -0.25) is 0 Å². The van der Waals surface area contributed by atoms with Crippen molar-refractivity contribution in [2.24, 2.45) is 5.41 Å². The summed E-state index contributed by atoms with van der Waals surface area (Å²) >= 11 is 3.47. The van der Waals surface area contributed by atoms with Crippen LogP contribution in [-0.2, 0) is 6.42 Å². The van der Waals surface area contributed by atoms with Crippen molar-refractivity contribution in [3.63, 3.8) is 0 Å². The maximum absolute atomic E-state index is 13.3. The van der Waals surface area contributed by atoms with Gasteiger partial charge in [0.1, 0.15) is 11.6 Å². The van der Waals surface area contributed by atoms with Crippen molar-refractivity contribution in [1.82, 2.24) is 9.78 Å². The average molecular weight is 326 g/mol. The molecule has 0 unspecified atom stereocenters. The van der Waals surface area contributed by atoms with E-state index >= 15 is 0 Å². The van der Waals surface area contributed by atoms with Crippen LogP contribution < -0.4 is 5.73 Å². The SMILES string of the molecule is CC(C)(C)Cc1nn(-c2cccc(F)c2)c(N)c1Br. The Balaban J connectivity index is 2.46. The monoisotopic (exact) mass is 325 g/mol. The van der Waals surface area contributed by atoms with Gasteiger partial charge in [-0.1, -0.05) is 26.8 Å². The number of nitrogens with two attached hydrogens (primary N) is 1. The lowest BCUT2D eigenvalue weighted by Gasteiger charge is -2.16. The Labute approximate surface area is 120 Å². The van der Waals surface area contributed by atoms with Crippen LogP contribution in [0.3, 0.4) is 0 Å². The van der Waals surface area contributed by atoms with Crippen LogP contribution in [0.25, 0.3) is 5.69 Å². The largest absolute Gasteiger partial charge is 0.383 e. The number of hydrogen-bond donors (Lipinski definition) is 1. The van der Waals surface area contributed by atoms with E-state index < -0.39 is 0 Å². The summed E-state index contributed by atoms with van der Waals surface area (Å²) in [5.41, 5.74) is 7.65. The number of anilines is 1. The molecule has 0 aliphatic heterocycles. The van der Waals surface area contributed by atoms with E-state index in [4.69, 9.17) is 5.73 Å². The van der Waals surface area contributed by atoms with Gasteiger partial charge in [-0.2, -0.15) is 5.10 Å². The summed E-state index contributed by atoms with van der Waals surface area (Å²) in [5.74, 6) is 0.186. The maximum atomic E-state index is 13.3. The number of hydrogen-bond acceptors (Lipinski definition) is 2. The first-order valence-electron chi connectivity index (χ1n) is 6.07. The molecule has 0 amide bonds. The van der Waals surface area contributed by atoms with E-state index in [2.05, 4.69) is 41.8 Å². The Morgan fingerprint density at radius 3 is 2.63 bits per heavy atom. The summed E-state index contributed by atoms with van der Waals surface area (Å²) in [6.07, 6.45) is 0.792. The van der Waals surface area contributed by atoms with Crippen molar-refractivity contribution >= 4 is 21.7 Å². The molecule has 0 radical (unpaired) electrons. The van der Waals surface area contributed by atoms with E-state index in [0.717, 1.165) is 16.6 Å². The molecule has 0 saturated heterocycles. The zero-order valence-corrected chi connectivity index (χ0v) is 12.8. The summed E-state index contributed by atoms with van der Waals surface area (Å²) < 4.78 is 15.6. The van der Waals surface area contributed by atoms with E-state index in [9.17, 15) is 4.39 Å². The third-order valence-corrected chi connectivity index (χ3v) is 3.54. The number of halogens is 2. The van der Waals surface area contributed by atoms with Crippen molar-refractivity contribution in [2.75, 3.05) is 5.73 Å². The maximum Gasteiger partial charge on any atom is 0.141 e. The fourth-order valence-corrected chi connectivity index (χ4v) is 2.27. The molecule has 102 valence electrons. The van der Waals surface area contributed by atoms with Gasteiger partial charge in [-0.15, -0.1) is 0 Å². The second-order valence-electron chi connectivity index (χ2n) is 5.78. The van der Waals surface area contributed by atoms with Gasteiger partial charge in [-0.25, -0.2) is 9.07 Å². The lowest BCUT2D eigenvalue weighted by atomic mass is 9.91. The molecule has 1 heterocycles. The zero-order chi connectivity index (χ0) is 14.2. The first kappa shape index (κ1) is 14.1. The molecule has 0 spiro atoms. The highest BCUT2D eigenvalue weighted by atomic mass is 79.9. The van der Waals surface area contributed by atoms with Crippen LogP contribution in [0.15, 0.2) is 28.7 Å². The van der Waals surface area contributed by atoms with E-state index in [-0.39, 0.29) is 11.2 Å². The highest BCUT2D eigenvalue weighted by Gasteiger charge is 2.20. The van der Waals surface area contributed by atoms with Crippen LogP contribution in [0.1, 0.15) is 26.5 Å². The average Bonchev–Trinajstić information content (AvgIpc) is 2.55. The minimum atomic E-state index is -0.305. The first-order valence-corrected chi connectivity index (χ1v) is 6.86. The standard InChI is InChI=1S/C14H17BrFN3/c1-14(2,3)8-11-12(15)13(17)19(18-11)10-6-4-5-9(16)7-10/h4-7H,8,17H2,1-3H3. The Hall–Kier alpha value is -1.36. The van der Waals surface area contributed by atoms with E-state index in [1.807, 2.05) is 0 Å². The topological polar surface area (TPSA) is 43.8 Å². The van der Waals surface area contributed by atoms with E-state index in [0.29, 0.717) is 11.5 Å². The minimum absolute atomic E-state index is 0.107. The first-order chi connectivity index (χ1) is 8.78. The fourth-order valence-electron chi connectivity index (χ4n) is 1.88. The minimum Gasteiger partial charge on any atom is -0.383 e. The van der Waals surface area contributed by atoms with Crippen molar-refractivity contribution in [2.45, 2.75) is 27.2 Å². The molecular formula is C14H17BrFN3. The highest BCUT2D eigenvalue weighted by Crippen LogP contribution is 2.31. The van der Waals surface area contributed by atoms with Crippen LogP contribution >= 0.6 is 15.9 Å². The Kier molecular flexibility index (Phi) is 3.67. The molecule has 2 N–H and O–H groups in total. The molecule has 0 aliphatic carbocycles. The van der Waals surface area contributed by atoms with Gasteiger partial charge in [0.25, 0.3) is 0 Å². The smallest absolute Gasteiger partial charge is 0.141 e. The highest BCUT2D eigenvalue weighted by molar-refractivity contribution is 9.10. The molecular weight excluding hydrogens is 309 g/mol. The van der Waals surface area contributed by atoms with Crippen LogP contribution in [0.4, 0.5) is 10.2 Å². The van der Waals surface area contributed by atoms with Gasteiger partial charge in [0, 0.05) is 0 Å². The number of aromatic nitrogens is 2. The summed E-state index contributed by atoms with van der Waals surface area (Å²) in [6, 6.07) is 6.23. The molecule has 1 aromatic carbocycles. The van der Waals surface area contributed by atoms with Gasteiger partial charge >= 0.3 is 0 Å². The molecule has 0 aliphatic rings. The number of nitrogen functional groups attached to an aromatic ring is 1. The second kappa shape index (κ2) is 4.96. The third-order valence-electron chi connectivity index (χ3n) is 2.68. The van der Waals surface area contributed by atoms with Gasteiger partial charge in [-0.05, 0) is 46.0 Å². The normalized spacial score (nSPS) is 11.8. The molecule has 0 bridgehead atoms. The number of rotatable bonds is 2. The molecule has 3 nitrogen and oxygen atoms in total. The van der Waals surface area contributed by atoms with Crippen LogP contribution in [0.2, 0.25) is 0 Å². The molecule has 2 rings (SSSR count). The van der Waals surface area contributed by atoms with Crippen LogP contribution in [0.5, 0.6) is 0 Å². The summed E-state index contributed by atoms with van der Waals surface area (Å²) in [5, 5.41) is 4.48. The molecule has 19 heavy (non-hydrogen) atoms. The third kappa shape index (κ3) is 3.15. The number of nitrogens with zero attached hydrogens (tertiary/aromatic N) is 2. The molecule has 5 heteroatoms. The molecule has 1 aromatic heterocycles. The van der Waals surface area contributed by atoms with Crippen molar-refractivity contribution in [3.8, 4) is 5.69 Å². The van der Waals surface area contributed by atoms with Crippen molar-refractivity contribution < 1.29 is 4.39 Å². The fraction of sp³-hybridized carbons (Fsp3) is 0.357. The quantitative estimate of drug-likeness (QED) is 0.908. The van der Waals surface area contributed by atoms with Gasteiger partial charge in [0.05, 0.1) is 15.9 Å². The van der Waals surface area contributed by atoms with E-state index in [1.54, 1.807) is 16.8 Å². The van der Waals surface area contributed by atoms with Crippen LogP contribution in [0, 0.1) is 11.2 Å². The Morgan fingerprint density at radius 1 is 1.37 bits per heavy atom. The zero-order valence-electron chi connectivity index (χ0n) is 11.2. The number of benzene rings is 1. The summed E-state index contributed by atoms with van der Waals surface area (Å²) in [6.45, 7) is 6.41. The molecule has 0 atom stereocenters. The molecule has 0 fully saturated rings. The lowest BCUT2D eigenvalue weighted by Crippen LogP contribution is -2.10. The summed E-state index contributed by atoms with van der Waals surface area (Å²) in [7, 11) is 0. The van der Waals surface area contributed by atoms with Gasteiger partial charge in [0.2, 0.25) is 0 Å². The lowest BCUT2D eigenvalue weighted by molar-refractivity contribution is 0.404. The van der Waals surface area contributed by atoms with Gasteiger partial charge < -0.3 is 5.73 Å². The molecule has 2 aromatic rings. The molecule has 0 saturated carbocycles. The van der Waals surface area contributed by atoms with Crippen molar-refractivity contribution in [3.05, 3.63) is 40.2 Å². The predicted octanol–water partition coefficient (Wildman–Crippen LogP) is 3.94. The predicted molar refractivity (Wildman–Crippen MR) is 78.8 cm³/mol. The Morgan fingerprint density at radius 2 is 2.05 bits per heavy atom.